The molecule has 2 aromatic carbocycles. The van der Waals surface area contributed by atoms with Crippen molar-refractivity contribution in [2.75, 3.05) is 0 Å². The molecule has 2 atom stereocenters. The fourth-order valence-corrected chi connectivity index (χ4v) is 5.67. The van der Waals surface area contributed by atoms with Gasteiger partial charge in [-0.1, -0.05) is 50.1 Å². The number of nitrogens with zero attached hydrogens (tertiary/aromatic N) is 2. The zero-order chi connectivity index (χ0) is 24.4. The van der Waals surface area contributed by atoms with Crippen LogP contribution in [0.25, 0.3) is 17.4 Å². The highest BCUT2D eigenvalue weighted by atomic mass is 32.2. The second kappa shape index (κ2) is 9.96. The van der Waals surface area contributed by atoms with Crippen LogP contribution < -0.4 is 0 Å². The van der Waals surface area contributed by atoms with Gasteiger partial charge in [0.05, 0.1) is 16.2 Å². The lowest BCUT2D eigenvalue weighted by Gasteiger charge is -2.35. The molecule has 2 fully saturated rings. The summed E-state index contributed by atoms with van der Waals surface area (Å²) in [5.41, 5.74) is 1.81. The number of carbonyl (C=O) groups excluding carboxylic acids is 1. The summed E-state index contributed by atoms with van der Waals surface area (Å²) >= 11 is 1.38. The molecule has 35 heavy (non-hydrogen) atoms. The van der Waals surface area contributed by atoms with Gasteiger partial charge in [0, 0.05) is 17.7 Å². The minimum Gasteiger partial charge on any atom is -0.478 e. The SMILES string of the molecule is C[C@H]1CCCC[C@@H]1N1C(=O)/C(=C/c2ccc(-c3ccc(C(=O)O)cc3)o2)SC1=Nc1ccccc1. The van der Waals surface area contributed by atoms with Gasteiger partial charge in [-0.25, -0.2) is 9.79 Å². The van der Waals surface area contributed by atoms with Gasteiger partial charge >= 0.3 is 5.97 Å². The van der Waals surface area contributed by atoms with E-state index in [9.17, 15) is 9.59 Å². The molecule has 1 saturated carbocycles. The zero-order valence-corrected chi connectivity index (χ0v) is 20.2. The Morgan fingerprint density at radius 3 is 2.51 bits per heavy atom. The molecule has 7 heteroatoms. The minimum absolute atomic E-state index is 0.0350. The van der Waals surface area contributed by atoms with E-state index in [-0.39, 0.29) is 17.5 Å². The van der Waals surface area contributed by atoms with Gasteiger partial charge in [0.1, 0.15) is 11.5 Å². The van der Waals surface area contributed by atoms with Crippen molar-refractivity contribution < 1.29 is 19.1 Å². The largest absolute Gasteiger partial charge is 0.478 e. The fourth-order valence-electron chi connectivity index (χ4n) is 4.64. The van der Waals surface area contributed by atoms with Crippen molar-refractivity contribution >= 4 is 40.6 Å². The molecule has 1 aromatic heterocycles. The van der Waals surface area contributed by atoms with E-state index in [0.717, 1.165) is 30.5 Å². The molecule has 0 unspecified atom stereocenters. The third-order valence-electron chi connectivity index (χ3n) is 6.53. The van der Waals surface area contributed by atoms with E-state index in [1.807, 2.05) is 47.4 Å². The van der Waals surface area contributed by atoms with E-state index < -0.39 is 5.97 Å². The number of furan rings is 1. The van der Waals surface area contributed by atoms with Gasteiger partial charge in [0.25, 0.3) is 5.91 Å². The van der Waals surface area contributed by atoms with Crippen molar-refractivity contribution in [2.45, 2.75) is 38.6 Å². The number of carbonyl (C=O) groups is 2. The number of rotatable bonds is 5. The third kappa shape index (κ3) is 4.95. The summed E-state index contributed by atoms with van der Waals surface area (Å²) in [5, 5.41) is 9.81. The lowest BCUT2D eigenvalue weighted by atomic mass is 9.85. The maximum absolute atomic E-state index is 13.6. The number of aromatic carboxylic acids is 1. The Bertz CT molecular complexity index is 1290. The molecular weight excluding hydrogens is 460 g/mol. The van der Waals surface area contributed by atoms with Crippen LogP contribution in [-0.4, -0.2) is 33.1 Å². The Balaban J connectivity index is 1.45. The first-order valence-electron chi connectivity index (χ1n) is 11.8. The van der Waals surface area contributed by atoms with E-state index in [4.69, 9.17) is 14.5 Å². The van der Waals surface area contributed by atoms with Gasteiger partial charge in [0.15, 0.2) is 5.17 Å². The molecule has 0 radical (unpaired) electrons. The van der Waals surface area contributed by atoms with Gasteiger partial charge < -0.3 is 9.52 Å². The quantitative estimate of drug-likeness (QED) is 0.400. The van der Waals surface area contributed by atoms with Crippen molar-refractivity contribution in [3.63, 3.8) is 0 Å². The molecule has 0 spiro atoms. The van der Waals surface area contributed by atoms with Gasteiger partial charge in [-0.05, 0) is 66.9 Å². The topological polar surface area (TPSA) is 83.1 Å². The average Bonchev–Trinajstić information content (AvgIpc) is 3.45. The summed E-state index contributed by atoms with van der Waals surface area (Å²) in [6, 6.07) is 20.0. The van der Waals surface area contributed by atoms with E-state index >= 15 is 0 Å². The number of carboxylic acids is 1. The number of carboxylic acid groups (broad SMARTS) is 1. The maximum Gasteiger partial charge on any atom is 0.335 e. The summed E-state index contributed by atoms with van der Waals surface area (Å²) < 4.78 is 5.99. The zero-order valence-electron chi connectivity index (χ0n) is 19.4. The van der Waals surface area contributed by atoms with Crippen molar-refractivity contribution in [3.05, 3.63) is 83.0 Å². The lowest BCUT2D eigenvalue weighted by molar-refractivity contribution is -0.124. The Morgan fingerprint density at radius 1 is 1.06 bits per heavy atom. The van der Waals surface area contributed by atoms with Crippen molar-refractivity contribution in [1.29, 1.82) is 0 Å². The van der Waals surface area contributed by atoms with Crippen LogP contribution in [0.2, 0.25) is 0 Å². The highest BCUT2D eigenvalue weighted by molar-refractivity contribution is 8.18. The van der Waals surface area contributed by atoms with E-state index in [1.54, 1.807) is 30.3 Å². The second-order valence-corrected chi connectivity index (χ2v) is 9.94. The summed E-state index contributed by atoms with van der Waals surface area (Å²) in [6.45, 7) is 2.22. The number of benzene rings is 2. The van der Waals surface area contributed by atoms with Crippen LogP contribution in [0.5, 0.6) is 0 Å². The minimum atomic E-state index is -0.969. The molecule has 2 aliphatic rings. The summed E-state index contributed by atoms with van der Waals surface area (Å²) in [4.78, 5) is 32.0. The Kier molecular flexibility index (Phi) is 6.59. The number of thioether (sulfide) groups is 1. The molecule has 178 valence electrons. The lowest BCUT2D eigenvalue weighted by Crippen LogP contribution is -2.44. The monoisotopic (exact) mass is 486 g/mol. The highest BCUT2D eigenvalue weighted by Crippen LogP contribution is 2.40. The number of hydrogen-bond donors (Lipinski definition) is 1. The number of aliphatic imine (C=N–C) groups is 1. The number of hydrogen-bond acceptors (Lipinski definition) is 5. The molecule has 1 aliphatic carbocycles. The molecular formula is C28H26N2O4S. The van der Waals surface area contributed by atoms with Gasteiger partial charge in [0.2, 0.25) is 0 Å². The first kappa shape index (κ1) is 23.2. The van der Waals surface area contributed by atoms with Crippen LogP contribution in [-0.2, 0) is 4.79 Å². The van der Waals surface area contributed by atoms with Crippen molar-refractivity contribution in [1.82, 2.24) is 4.90 Å². The van der Waals surface area contributed by atoms with Crippen LogP contribution >= 0.6 is 11.8 Å². The first-order valence-corrected chi connectivity index (χ1v) is 12.6. The van der Waals surface area contributed by atoms with Crippen LogP contribution in [0.3, 0.4) is 0 Å². The normalized spacial score (nSPS) is 22.8. The summed E-state index contributed by atoms with van der Waals surface area (Å²) in [7, 11) is 0. The summed E-state index contributed by atoms with van der Waals surface area (Å²) in [6.07, 6.45) is 6.17. The van der Waals surface area contributed by atoms with E-state index in [2.05, 4.69) is 6.92 Å². The Labute approximate surface area is 208 Å². The predicted molar refractivity (Wildman–Crippen MR) is 138 cm³/mol. The molecule has 5 rings (SSSR count). The fraction of sp³-hybridized carbons (Fsp3) is 0.250. The molecule has 1 N–H and O–H groups in total. The standard InChI is InChI=1S/C28H26N2O4S/c1-18-7-5-6-10-23(18)30-26(31)25(35-28(30)29-21-8-3-2-4-9-21)17-22-15-16-24(34-22)19-11-13-20(14-12-19)27(32)33/h2-4,8-9,11-18,23H,5-7,10H2,1H3,(H,32,33)/b25-17-,29-28?/t18-,23-/m0/s1. The third-order valence-corrected chi connectivity index (χ3v) is 7.52. The maximum atomic E-state index is 13.6. The van der Waals surface area contributed by atoms with E-state index in [1.165, 1.54) is 18.2 Å². The van der Waals surface area contributed by atoms with Crippen LogP contribution in [0.15, 0.2) is 81.0 Å². The van der Waals surface area contributed by atoms with Crippen molar-refractivity contribution in [3.8, 4) is 11.3 Å². The molecule has 1 saturated heterocycles. The number of amides is 1. The van der Waals surface area contributed by atoms with Gasteiger partial charge in [-0.2, -0.15) is 0 Å². The van der Waals surface area contributed by atoms with Crippen molar-refractivity contribution in [2.24, 2.45) is 10.9 Å². The van der Waals surface area contributed by atoms with Crippen LogP contribution in [0.1, 0.15) is 48.7 Å². The number of para-hydroxylation sites is 1. The predicted octanol–water partition coefficient (Wildman–Crippen LogP) is 6.83. The number of amidine groups is 1. The van der Waals surface area contributed by atoms with Crippen LogP contribution in [0.4, 0.5) is 5.69 Å². The molecule has 6 nitrogen and oxygen atoms in total. The second-order valence-electron chi connectivity index (χ2n) is 8.93. The molecule has 1 aliphatic heterocycles. The molecule has 0 bridgehead atoms. The van der Waals surface area contributed by atoms with Crippen LogP contribution in [0, 0.1) is 5.92 Å². The molecule has 1 amide bonds. The Hall–Kier alpha value is -3.58. The Morgan fingerprint density at radius 2 is 1.80 bits per heavy atom. The molecule has 3 aromatic rings. The highest BCUT2D eigenvalue weighted by Gasteiger charge is 2.41. The first-order chi connectivity index (χ1) is 17.0. The molecule has 2 heterocycles. The summed E-state index contributed by atoms with van der Waals surface area (Å²) in [5.74, 6) is 0.587. The smallest absolute Gasteiger partial charge is 0.335 e. The van der Waals surface area contributed by atoms with E-state index in [0.29, 0.717) is 27.5 Å². The average molecular weight is 487 g/mol. The van der Waals surface area contributed by atoms with Gasteiger partial charge in [-0.3, -0.25) is 9.69 Å². The van der Waals surface area contributed by atoms with Gasteiger partial charge in [-0.15, -0.1) is 0 Å².